The van der Waals surface area contributed by atoms with Crippen molar-refractivity contribution >= 4 is 22.9 Å². The van der Waals surface area contributed by atoms with Crippen LogP contribution in [0, 0.1) is 0 Å². The summed E-state index contributed by atoms with van der Waals surface area (Å²) in [6.45, 7) is 1.96. The number of hydrogen-bond acceptors (Lipinski definition) is 4. The Morgan fingerprint density at radius 2 is 1.70 bits per heavy atom. The van der Waals surface area contributed by atoms with Gasteiger partial charge in [-0.05, 0) is 37.1 Å². The zero-order chi connectivity index (χ0) is 18.6. The zero-order valence-electron chi connectivity index (χ0n) is 15.1. The fraction of sp³-hybridized carbons (Fsp3) is 0.286. The number of carbonyl (C=O) groups is 1. The minimum atomic E-state index is -0.437. The molecule has 0 saturated carbocycles. The van der Waals surface area contributed by atoms with E-state index in [9.17, 15) is 9.59 Å². The highest BCUT2D eigenvalue weighted by molar-refractivity contribution is 6.05. The first-order valence-electron chi connectivity index (χ1n) is 9.36. The van der Waals surface area contributed by atoms with Crippen LogP contribution in [0.15, 0.2) is 59.7 Å². The predicted octanol–water partition coefficient (Wildman–Crippen LogP) is 3.33. The molecule has 27 heavy (non-hydrogen) atoms. The lowest BCUT2D eigenvalue weighted by molar-refractivity contribution is 0.102. The van der Waals surface area contributed by atoms with Crippen LogP contribution in [0.2, 0.25) is 0 Å². The van der Waals surface area contributed by atoms with Crippen LogP contribution in [0.25, 0.3) is 5.65 Å². The van der Waals surface area contributed by atoms with Crippen molar-refractivity contribution in [3.05, 3.63) is 70.8 Å². The summed E-state index contributed by atoms with van der Waals surface area (Å²) < 4.78 is 1.38. The maximum Gasteiger partial charge on any atom is 0.270 e. The molecule has 4 rings (SSSR count). The maximum absolute atomic E-state index is 12.8. The lowest BCUT2D eigenvalue weighted by Gasteiger charge is -2.25. The summed E-state index contributed by atoms with van der Waals surface area (Å²) in [7, 11) is 0. The summed E-state index contributed by atoms with van der Waals surface area (Å²) in [5.74, 6) is -0.437. The molecule has 6 nitrogen and oxygen atoms in total. The number of rotatable bonds is 3. The van der Waals surface area contributed by atoms with E-state index in [0.29, 0.717) is 5.65 Å². The van der Waals surface area contributed by atoms with Crippen LogP contribution in [0.1, 0.15) is 36.0 Å². The molecule has 1 aliphatic rings. The number of nitrogens with one attached hydrogen (secondary N) is 1. The number of anilines is 2. The molecule has 0 radical (unpaired) electrons. The first-order valence-corrected chi connectivity index (χ1v) is 9.36. The largest absolute Gasteiger partial charge is 0.370 e. The van der Waals surface area contributed by atoms with Crippen molar-refractivity contribution in [3.63, 3.8) is 0 Å². The Bertz CT molecular complexity index is 1020. The van der Waals surface area contributed by atoms with E-state index in [-0.39, 0.29) is 11.1 Å². The minimum Gasteiger partial charge on any atom is -0.370 e. The van der Waals surface area contributed by atoms with Crippen molar-refractivity contribution < 1.29 is 4.79 Å². The van der Waals surface area contributed by atoms with Gasteiger partial charge in [-0.3, -0.25) is 14.0 Å². The predicted molar refractivity (Wildman–Crippen MR) is 107 cm³/mol. The SMILES string of the molecule is O=C(Nc1ccccc1N1CCCCCC1)c1cnc2ccccn2c1=O. The molecule has 1 fully saturated rings. The minimum absolute atomic E-state index is 0.0318. The second-order valence-corrected chi connectivity index (χ2v) is 6.78. The van der Waals surface area contributed by atoms with Crippen molar-refractivity contribution in [1.29, 1.82) is 0 Å². The fourth-order valence-corrected chi connectivity index (χ4v) is 3.54. The molecule has 138 valence electrons. The summed E-state index contributed by atoms with van der Waals surface area (Å²) in [5, 5.41) is 2.92. The van der Waals surface area contributed by atoms with Gasteiger partial charge in [0.1, 0.15) is 11.2 Å². The van der Waals surface area contributed by atoms with E-state index < -0.39 is 5.91 Å². The molecule has 1 aliphatic heterocycles. The van der Waals surface area contributed by atoms with E-state index in [1.807, 2.05) is 24.3 Å². The Morgan fingerprint density at radius 3 is 2.52 bits per heavy atom. The van der Waals surface area contributed by atoms with Gasteiger partial charge in [0, 0.05) is 25.5 Å². The Kier molecular flexibility index (Phi) is 4.87. The second kappa shape index (κ2) is 7.61. The maximum atomic E-state index is 12.8. The van der Waals surface area contributed by atoms with Crippen LogP contribution in [-0.4, -0.2) is 28.4 Å². The van der Waals surface area contributed by atoms with Crippen LogP contribution >= 0.6 is 0 Å². The standard InChI is InChI=1S/C21H22N4O2/c26-20(16-15-22-19-11-5-8-14-25(19)21(16)27)23-17-9-3-4-10-18(17)24-12-6-1-2-7-13-24/h3-5,8-11,14-15H,1-2,6-7,12-13H2,(H,23,26). The molecule has 0 bridgehead atoms. The molecule has 1 amide bonds. The monoisotopic (exact) mass is 362 g/mol. The molecule has 1 N–H and O–H groups in total. The highest BCUT2D eigenvalue weighted by Crippen LogP contribution is 2.28. The van der Waals surface area contributed by atoms with Gasteiger partial charge in [-0.15, -0.1) is 0 Å². The molecule has 6 heteroatoms. The molecule has 2 aromatic heterocycles. The zero-order valence-corrected chi connectivity index (χ0v) is 15.1. The van der Waals surface area contributed by atoms with Crippen molar-refractivity contribution in [2.75, 3.05) is 23.3 Å². The highest BCUT2D eigenvalue weighted by atomic mass is 16.2. The van der Waals surface area contributed by atoms with Gasteiger partial charge in [-0.1, -0.05) is 31.0 Å². The van der Waals surface area contributed by atoms with E-state index in [2.05, 4.69) is 15.2 Å². The molecule has 1 saturated heterocycles. The van der Waals surface area contributed by atoms with E-state index in [1.54, 1.807) is 24.4 Å². The average molecular weight is 362 g/mol. The quantitative estimate of drug-likeness (QED) is 0.776. The molecule has 3 aromatic rings. The third-order valence-electron chi connectivity index (χ3n) is 4.96. The van der Waals surface area contributed by atoms with E-state index in [4.69, 9.17) is 0 Å². The van der Waals surface area contributed by atoms with E-state index >= 15 is 0 Å². The van der Waals surface area contributed by atoms with Gasteiger partial charge < -0.3 is 10.2 Å². The average Bonchev–Trinajstić information content (AvgIpc) is 2.98. The lowest BCUT2D eigenvalue weighted by Crippen LogP contribution is -2.28. The summed E-state index contributed by atoms with van der Waals surface area (Å²) in [6.07, 6.45) is 7.75. The topological polar surface area (TPSA) is 66.7 Å². The van der Waals surface area contributed by atoms with Crippen molar-refractivity contribution in [2.45, 2.75) is 25.7 Å². The van der Waals surface area contributed by atoms with Crippen LogP contribution in [0.3, 0.4) is 0 Å². The highest BCUT2D eigenvalue weighted by Gasteiger charge is 2.18. The number of aromatic nitrogens is 2. The van der Waals surface area contributed by atoms with E-state index in [1.165, 1.54) is 23.4 Å². The molecular formula is C21H22N4O2. The second-order valence-electron chi connectivity index (χ2n) is 6.78. The number of benzene rings is 1. The van der Waals surface area contributed by atoms with Crippen molar-refractivity contribution in [1.82, 2.24) is 9.38 Å². The Hall–Kier alpha value is -3.15. The van der Waals surface area contributed by atoms with Crippen molar-refractivity contribution in [3.8, 4) is 0 Å². The van der Waals surface area contributed by atoms with Gasteiger partial charge in [0.25, 0.3) is 11.5 Å². The molecule has 0 spiro atoms. The Morgan fingerprint density at radius 1 is 0.963 bits per heavy atom. The number of carbonyl (C=O) groups excluding carboxylic acids is 1. The Balaban J connectivity index is 1.64. The third-order valence-corrected chi connectivity index (χ3v) is 4.96. The molecule has 3 heterocycles. The number of fused-ring (bicyclic) bond motifs is 1. The van der Waals surface area contributed by atoms with Crippen LogP contribution in [-0.2, 0) is 0 Å². The number of hydrogen-bond donors (Lipinski definition) is 1. The van der Waals surface area contributed by atoms with Gasteiger partial charge in [0.15, 0.2) is 0 Å². The van der Waals surface area contributed by atoms with Crippen LogP contribution in [0.5, 0.6) is 0 Å². The smallest absolute Gasteiger partial charge is 0.270 e. The summed E-state index contributed by atoms with van der Waals surface area (Å²) in [5.41, 5.74) is 1.90. The van der Waals surface area contributed by atoms with Gasteiger partial charge in [-0.2, -0.15) is 0 Å². The van der Waals surface area contributed by atoms with Gasteiger partial charge in [0.05, 0.1) is 11.4 Å². The van der Waals surface area contributed by atoms with Crippen LogP contribution in [0.4, 0.5) is 11.4 Å². The molecular weight excluding hydrogens is 340 g/mol. The van der Waals surface area contributed by atoms with Gasteiger partial charge >= 0.3 is 0 Å². The third kappa shape index (κ3) is 3.56. The number of pyridine rings is 1. The van der Waals surface area contributed by atoms with Crippen molar-refractivity contribution in [2.24, 2.45) is 0 Å². The normalized spacial score (nSPS) is 14.7. The van der Waals surface area contributed by atoms with Gasteiger partial charge in [0.2, 0.25) is 0 Å². The number of amides is 1. The first kappa shape index (κ1) is 17.3. The lowest BCUT2D eigenvalue weighted by atomic mass is 10.2. The first-order chi connectivity index (χ1) is 13.2. The molecule has 0 aliphatic carbocycles. The molecule has 0 unspecified atom stereocenters. The fourth-order valence-electron chi connectivity index (χ4n) is 3.54. The number of nitrogens with zero attached hydrogens (tertiary/aromatic N) is 3. The number of para-hydroxylation sites is 2. The molecule has 1 aromatic carbocycles. The summed E-state index contributed by atoms with van der Waals surface area (Å²) >= 11 is 0. The summed E-state index contributed by atoms with van der Waals surface area (Å²) in [6, 6.07) is 13.0. The van der Waals surface area contributed by atoms with Gasteiger partial charge in [-0.25, -0.2) is 4.98 Å². The molecule has 0 atom stereocenters. The van der Waals surface area contributed by atoms with Crippen LogP contribution < -0.4 is 15.8 Å². The summed E-state index contributed by atoms with van der Waals surface area (Å²) in [4.78, 5) is 32.0. The Labute approximate surface area is 157 Å². The van der Waals surface area contributed by atoms with E-state index in [0.717, 1.165) is 37.3 Å².